The zero-order valence-electron chi connectivity index (χ0n) is 21.5. The lowest BCUT2D eigenvalue weighted by molar-refractivity contribution is 0.262. The third-order valence-electron chi connectivity index (χ3n) is 6.53. The number of nitrogens with zero attached hydrogens (tertiary/aromatic N) is 4. The van der Waals surface area contributed by atoms with E-state index in [0.717, 1.165) is 36.3 Å². The summed E-state index contributed by atoms with van der Waals surface area (Å²) in [5.41, 5.74) is 4.22. The molecule has 4 aromatic rings. The Balaban J connectivity index is 1.26. The number of pyridine rings is 1. The number of benzene rings is 2. The van der Waals surface area contributed by atoms with Crippen molar-refractivity contribution >= 4 is 23.1 Å². The van der Waals surface area contributed by atoms with Crippen molar-refractivity contribution in [3.8, 4) is 22.8 Å². The summed E-state index contributed by atoms with van der Waals surface area (Å²) in [6.45, 7) is 3.88. The molecule has 5 rings (SSSR count). The van der Waals surface area contributed by atoms with Crippen LogP contribution in [0.15, 0.2) is 67.1 Å². The van der Waals surface area contributed by atoms with Crippen LogP contribution < -0.4 is 20.3 Å². The lowest BCUT2D eigenvalue weighted by atomic mass is 10.2. The van der Waals surface area contributed by atoms with Crippen molar-refractivity contribution in [3.05, 3.63) is 78.5 Å². The molecule has 10 heteroatoms. The summed E-state index contributed by atoms with van der Waals surface area (Å²) in [6.07, 6.45) is 6.10. The number of hydrogen-bond donors (Lipinski definition) is 3. The number of rotatable bonds is 7. The number of carbonyl (C=O) groups is 1. The summed E-state index contributed by atoms with van der Waals surface area (Å²) in [7, 11) is 4.19. The van der Waals surface area contributed by atoms with E-state index in [9.17, 15) is 9.18 Å². The Kier molecular flexibility index (Phi) is 7.23. The Morgan fingerprint density at radius 1 is 1.13 bits per heavy atom. The Bertz CT molecular complexity index is 1420. The van der Waals surface area contributed by atoms with Crippen LogP contribution in [0.1, 0.15) is 12.0 Å². The van der Waals surface area contributed by atoms with Crippen LogP contribution >= 0.6 is 0 Å². The summed E-state index contributed by atoms with van der Waals surface area (Å²) >= 11 is 0. The average molecular weight is 516 g/mol. The summed E-state index contributed by atoms with van der Waals surface area (Å²) in [5.74, 6) is 0.315. The van der Waals surface area contributed by atoms with Gasteiger partial charge in [-0.3, -0.25) is 10.1 Å². The van der Waals surface area contributed by atoms with Gasteiger partial charge in [0, 0.05) is 60.6 Å². The van der Waals surface area contributed by atoms with Crippen molar-refractivity contribution in [1.29, 1.82) is 0 Å². The number of H-pyrrole nitrogens is 1. The third kappa shape index (κ3) is 5.92. The topological polar surface area (TPSA) is 98.4 Å². The molecule has 2 aromatic carbocycles. The predicted octanol–water partition coefficient (Wildman–Crippen LogP) is 5.50. The van der Waals surface area contributed by atoms with E-state index >= 15 is 0 Å². The van der Waals surface area contributed by atoms with E-state index < -0.39 is 11.8 Å². The van der Waals surface area contributed by atoms with E-state index in [0.29, 0.717) is 28.9 Å². The van der Waals surface area contributed by atoms with E-state index in [-0.39, 0.29) is 5.69 Å². The molecule has 1 unspecified atom stereocenters. The molecule has 3 N–H and O–H groups in total. The number of amides is 2. The highest BCUT2D eigenvalue weighted by molar-refractivity contribution is 6.00. The quantitative estimate of drug-likeness (QED) is 0.301. The fraction of sp³-hybridized carbons (Fsp3) is 0.250. The van der Waals surface area contributed by atoms with E-state index in [4.69, 9.17) is 4.74 Å². The second-order valence-electron chi connectivity index (χ2n) is 9.60. The number of ether oxygens (including phenoxy) is 1. The molecule has 0 spiro atoms. The summed E-state index contributed by atoms with van der Waals surface area (Å²) in [4.78, 5) is 21.7. The highest BCUT2D eigenvalue weighted by atomic mass is 19.1. The molecule has 3 heterocycles. The van der Waals surface area contributed by atoms with Crippen molar-refractivity contribution in [2.75, 3.05) is 42.7 Å². The van der Waals surface area contributed by atoms with E-state index in [2.05, 4.69) is 55.8 Å². The number of urea groups is 1. The minimum absolute atomic E-state index is 0.00496. The highest BCUT2D eigenvalue weighted by Gasteiger charge is 2.24. The maximum atomic E-state index is 14.6. The van der Waals surface area contributed by atoms with Gasteiger partial charge in [0.2, 0.25) is 0 Å². The Hall–Kier alpha value is -4.44. The molecule has 1 aliphatic rings. The first-order valence-electron chi connectivity index (χ1n) is 12.4. The molecular weight excluding hydrogens is 485 g/mol. The van der Waals surface area contributed by atoms with Crippen molar-refractivity contribution in [3.63, 3.8) is 0 Å². The lowest BCUT2D eigenvalue weighted by Gasteiger charge is -2.23. The van der Waals surface area contributed by atoms with Gasteiger partial charge in [0.25, 0.3) is 0 Å². The van der Waals surface area contributed by atoms with E-state index in [1.54, 1.807) is 30.7 Å². The molecule has 0 aliphatic carbocycles. The van der Waals surface area contributed by atoms with Crippen molar-refractivity contribution in [2.24, 2.45) is 0 Å². The minimum atomic E-state index is -0.571. The predicted molar refractivity (Wildman–Crippen MR) is 146 cm³/mol. The van der Waals surface area contributed by atoms with Crippen LogP contribution in [-0.4, -0.2) is 59.3 Å². The number of likely N-dealkylation sites (N-methyl/N-ethyl adjacent to an activating group) is 1. The fourth-order valence-corrected chi connectivity index (χ4v) is 4.52. The molecule has 2 amide bonds. The van der Waals surface area contributed by atoms with Gasteiger partial charge in [-0.15, -0.1) is 0 Å². The molecule has 1 atom stereocenters. The molecular formula is C28H30FN7O2. The minimum Gasteiger partial charge on any atom is -0.457 e. The molecule has 38 heavy (non-hydrogen) atoms. The van der Waals surface area contributed by atoms with Crippen LogP contribution in [0.5, 0.6) is 11.5 Å². The Morgan fingerprint density at radius 2 is 1.97 bits per heavy atom. The number of hydrogen-bond acceptors (Lipinski definition) is 6. The maximum absolute atomic E-state index is 14.6. The van der Waals surface area contributed by atoms with Gasteiger partial charge in [-0.25, -0.2) is 9.18 Å². The van der Waals surface area contributed by atoms with Crippen LogP contribution in [0, 0.1) is 12.7 Å². The summed E-state index contributed by atoms with van der Waals surface area (Å²) in [5, 5.41) is 12.1. The van der Waals surface area contributed by atoms with Crippen LogP contribution in [0.3, 0.4) is 0 Å². The van der Waals surface area contributed by atoms with Crippen LogP contribution in [0.2, 0.25) is 0 Å². The van der Waals surface area contributed by atoms with Gasteiger partial charge in [-0.05, 0) is 69.4 Å². The van der Waals surface area contributed by atoms with E-state index in [1.807, 2.05) is 19.1 Å². The summed E-state index contributed by atoms with van der Waals surface area (Å²) in [6, 6.07) is 13.5. The first-order chi connectivity index (χ1) is 18.3. The van der Waals surface area contributed by atoms with Crippen LogP contribution in [0.25, 0.3) is 11.3 Å². The normalized spacial score (nSPS) is 15.1. The second-order valence-corrected chi connectivity index (χ2v) is 9.60. The zero-order valence-corrected chi connectivity index (χ0v) is 21.5. The van der Waals surface area contributed by atoms with Gasteiger partial charge < -0.3 is 25.2 Å². The first kappa shape index (κ1) is 25.2. The van der Waals surface area contributed by atoms with Gasteiger partial charge in [0.15, 0.2) is 0 Å². The molecule has 196 valence electrons. The number of carbonyl (C=O) groups excluding carboxylic acids is 1. The van der Waals surface area contributed by atoms with Crippen LogP contribution in [0.4, 0.5) is 26.2 Å². The van der Waals surface area contributed by atoms with Gasteiger partial charge in [-0.2, -0.15) is 5.10 Å². The van der Waals surface area contributed by atoms with Crippen LogP contribution in [-0.2, 0) is 0 Å². The Morgan fingerprint density at radius 3 is 2.74 bits per heavy atom. The average Bonchev–Trinajstić information content (AvgIpc) is 3.59. The molecule has 1 aliphatic heterocycles. The largest absolute Gasteiger partial charge is 0.457 e. The van der Waals surface area contributed by atoms with Gasteiger partial charge >= 0.3 is 6.03 Å². The molecule has 0 bridgehead atoms. The van der Waals surface area contributed by atoms with Gasteiger partial charge in [0.1, 0.15) is 17.3 Å². The highest BCUT2D eigenvalue weighted by Crippen LogP contribution is 2.29. The second kappa shape index (κ2) is 10.9. The zero-order chi connectivity index (χ0) is 26.6. The smallest absolute Gasteiger partial charge is 0.323 e. The third-order valence-corrected chi connectivity index (χ3v) is 6.53. The number of aromatic amines is 1. The maximum Gasteiger partial charge on any atom is 0.323 e. The fourth-order valence-electron chi connectivity index (χ4n) is 4.52. The number of halogens is 1. The van der Waals surface area contributed by atoms with Gasteiger partial charge in [-0.1, -0.05) is 0 Å². The lowest BCUT2D eigenvalue weighted by Crippen LogP contribution is -2.31. The number of anilines is 3. The number of aromatic nitrogens is 3. The molecule has 1 saturated heterocycles. The standard InChI is InChI=1S/C28H30FN7O2/c1-18-10-20(12-22(11-18)36-9-7-21(17-36)35(2)3)33-28(37)34-27-14-23(4-5-25(27)29)38-24-6-8-30-26(13-24)19-15-31-32-16-19/h4-6,8,10-16,21H,7,9,17H2,1-3H3,(H,31,32)(H2,33,34,37). The SMILES string of the molecule is Cc1cc(NC(=O)Nc2cc(Oc3ccnc(-c4cn[nH]c4)c3)ccc2F)cc(N2CCC(N(C)C)C2)c1. The molecule has 1 fully saturated rings. The van der Waals surface area contributed by atoms with Crippen molar-refractivity contribution in [1.82, 2.24) is 20.1 Å². The van der Waals surface area contributed by atoms with Crippen molar-refractivity contribution < 1.29 is 13.9 Å². The van der Waals surface area contributed by atoms with Crippen molar-refractivity contribution in [2.45, 2.75) is 19.4 Å². The number of aryl methyl sites for hydroxylation is 1. The number of nitrogens with one attached hydrogen (secondary N) is 3. The molecule has 0 radical (unpaired) electrons. The monoisotopic (exact) mass is 515 g/mol. The Labute approximate surface area is 220 Å². The van der Waals surface area contributed by atoms with E-state index in [1.165, 1.54) is 18.2 Å². The molecule has 2 aromatic heterocycles. The summed E-state index contributed by atoms with van der Waals surface area (Å²) < 4.78 is 20.5. The molecule has 9 nitrogen and oxygen atoms in total. The molecule has 0 saturated carbocycles. The van der Waals surface area contributed by atoms with Gasteiger partial charge in [0.05, 0.1) is 17.6 Å². The first-order valence-corrected chi connectivity index (χ1v) is 12.4.